The van der Waals surface area contributed by atoms with Crippen LogP contribution in [0.25, 0.3) is 22.0 Å². The Balaban J connectivity index is 1.35. The monoisotopic (exact) mass is 466 g/mol. The second kappa shape index (κ2) is 9.37. The third-order valence-electron chi connectivity index (χ3n) is 6.99. The maximum atomic E-state index is 13.6. The van der Waals surface area contributed by atoms with E-state index in [1.807, 2.05) is 60.5 Å². The molecule has 2 amide bonds. The minimum Gasteiger partial charge on any atom is -0.346 e. The number of para-hydroxylation sites is 1. The lowest BCUT2D eigenvalue weighted by atomic mass is 9.95. The number of aromatic nitrogens is 2. The van der Waals surface area contributed by atoms with Gasteiger partial charge in [0.15, 0.2) is 5.69 Å². The third-order valence-corrected chi connectivity index (χ3v) is 6.99. The maximum Gasteiger partial charge on any atom is 0.272 e. The van der Waals surface area contributed by atoms with Crippen LogP contribution in [0, 0.1) is 13.8 Å². The van der Waals surface area contributed by atoms with Gasteiger partial charge in [0.05, 0.1) is 5.52 Å². The summed E-state index contributed by atoms with van der Waals surface area (Å²) in [5.41, 5.74) is 6.44. The fraction of sp³-hybridized carbons (Fsp3) is 0.276. The summed E-state index contributed by atoms with van der Waals surface area (Å²) >= 11 is 0. The molecule has 0 aliphatic carbocycles. The van der Waals surface area contributed by atoms with E-state index in [9.17, 15) is 9.59 Å². The van der Waals surface area contributed by atoms with Gasteiger partial charge < -0.3 is 10.2 Å². The number of rotatable bonds is 4. The van der Waals surface area contributed by atoms with Gasteiger partial charge in [0.2, 0.25) is 0 Å². The van der Waals surface area contributed by atoms with Crippen molar-refractivity contribution in [3.63, 3.8) is 0 Å². The smallest absolute Gasteiger partial charge is 0.272 e. The van der Waals surface area contributed by atoms with Gasteiger partial charge in [0, 0.05) is 37.1 Å². The molecule has 2 heterocycles. The fourth-order valence-electron chi connectivity index (χ4n) is 4.92. The van der Waals surface area contributed by atoms with E-state index in [2.05, 4.69) is 42.5 Å². The normalized spacial score (nSPS) is 15.9. The van der Waals surface area contributed by atoms with Crippen LogP contribution in [0.3, 0.4) is 0 Å². The highest BCUT2D eigenvalue weighted by Gasteiger charge is 2.28. The van der Waals surface area contributed by atoms with E-state index in [4.69, 9.17) is 0 Å². The number of nitrogens with one attached hydrogen (secondary N) is 1. The zero-order valence-electron chi connectivity index (χ0n) is 20.4. The van der Waals surface area contributed by atoms with Crippen molar-refractivity contribution < 1.29 is 9.59 Å². The van der Waals surface area contributed by atoms with Gasteiger partial charge in [0.25, 0.3) is 11.8 Å². The first-order chi connectivity index (χ1) is 16.9. The maximum absolute atomic E-state index is 13.6. The van der Waals surface area contributed by atoms with Crippen LogP contribution < -0.4 is 5.32 Å². The van der Waals surface area contributed by atoms with Crippen LogP contribution in [0.4, 0.5) is 0 Å². The molecule has 6 nitrogen and oxygen atoms in total. The van der Waals surface area contributed by atoms with Crippen LogP contribution in [0.1, 0.15) is 44.8 Å². The number of fused-ring (bicyclic) bond motifs is 1. The van der Waals surface area contributed by atoms with Gasteiger partial charge in [-0.2, -0.15) is 5.10 Å². The lowest BCUT2D eigenvalue weighted by molar-refractivity contribution is 0.0676. The summed E-state index contributed by atoms with van der Waals surface area (Å²) in [5, 5.41) is 8.40. The number of amides is 2. The highest BCUT2D eigenvalue weighted by atomic mass is 16.2. The first kappa shape index (κ1) is 22.8. The lowest BCUT2D eigenvalue weighted by Gasteiger charge is -2.33. The molecule has 0 bridgehead atoms. The Bertz CT molecular complexity index is 1420. The summed E-state index contributed by atoms with van der Waals surface area (Å²) < 4.78 is 1.73. The summed E-state index contributed by atoms with van der Waals surface area (Å²) in [6.45, 7) is 5.34. The quantitative estimate of drug-likeness (QED) is 0.466. The number of aryl methyl sites for hydroxylation is 3. The predicted molar refractivity (Wildman–Crippen MR) is 138 cm³/mol. The highest BCUT2D eigenvalue weighted by Crippen LogP contribution is 2.28. The highest BCUT2D eigenvalue weighted by molar-refractivity contribution is 6.05. The number of nitrogens with zero attached hydrogens (tertiary/aromatic N) is 3. The minimum absolute atomic E-state index is 0.000984. The number of piperidine rings is 1. The molecule has 1 aromatic heterocycles. The van der Waals surface area contributed by atoms with Crippen molar-refractivity contribution in [3.8, 4) is 11.1 Å². The summed E-state index contributed by atoms with van der Waals surface area (Å²) in [4.78, 5) is 28.6. The Morgan fingerprint density at radius 3 is 2.57 bits per heavy atom. The summed E-state index contributed by atoms with van der Waals surface area (Å²) in [5.74, 6) is -0.197. The van der Waals surface area contributed by atoms with Gasteiger partial charge in [-0.25, -0.2) is 0 Å². The van der Waals surface area contributed by atoms with E-state index in [0.717, 1.165) is 34.9 Å². The molecule has 178 valence electrons. The number of carbonyl (C=O) groups excluding carboxylic acids is 2. The molecule has 35 heavy (non-hydrogen) atoms. The molecule has 0 radical (unpaired) electrons. The molecule has 1 atom stereocenters. The molecular weight excluding hydrogens is 436 g/mol. The van der Waals surface area contributed by atoms with Crippen molar-refractivity contribution in [1.82, 2.24) is 20.0 Å². The zero-order chi connectivity index (χ0) is 24.5. The topological polar surface area (TPSA) is 67.2 Å². The first-order valence-corrected chi connectivity index (χ1v) is 12.1. The SMILES string of the molecule is Cc1ccc(-c2ccccc2C(=O)N2CCCC(NC(=O)c3nn(C)c4ccccc34)C2)cc1C. The molecule has 6 heteroatoms. The zero-order valence-corrected chi connectivity index (χ0v) is 20.4. The van der Waals surface area contributed by atoms with Gasteiger partial charge in [-0.05, 0) is 61.1 Å². The van der Waals surface area contributed by atoms with E-state index >= 15 is 0 Å². The molecule has 3 aromatic carbocycles. The molecule has 1 saturated heterocycles. The first-order valence-electron chi connectivity index (χ1n) is 12.1. The average Bonchev–Trinajstić information content (AvgIpc) is 3.22. The van der Waals surface area contributed by atoms with Crippen molar-refractivity contribution in [3.05, 3.63) is 89.1 Å². The van der Waals surface area contributed by atoms with Crippen LogP contribution in [-0.2, 0) is 7.05 Å². The van der Waals surface area contributed by atoms with Gasteiger partial charge in [-0.3, -0.25) is 14.3 Å². The van der Waals surface area contributed by atoms with E-state index in [1.165, 1.54) is 11.1 Å². The molecule has 0 spiro atoms. The predicted octanol–water partition coefficient (Wildman–Crippen LogP) is 4.89. The van der Waals surface area contributed by atoms with Gasteiger partial charge in [0.1, 0.15) is 0 Å². The van der Waals surface area contributed by atoms with E-state index < -0.39 is 0 Å². The molecule has 5 rings (SSSR count). The Kier molecular flexibility index (Phi) is 6.12. The molecule has 1 unspecified atom stereocenters. The Morgan fingerprint density at radius 1 is 0.971 bits per heavy atom. The van der Waals surface area contributed by atoms with Crippen LogP contribution in [0.5, 0.6) is 0 Å². The van der Waals surface area contributed by atoms with Crippen molar-refractivity contribution in [1.29, 1.82) is 0 Å². The summed E-state index contributed by atoms with van der Waals surface area (Å²) in [6.07, 6.45) is 1.67. The molecular formula is C29H30N4O2. The van der Waals surface area contributed by atoms with Crippen LogP contribution in [0.2, 0.25) is 0 Å². The van der Waals surface area contributed by atoms with Gasteiger partial charge in [-0.15, -0.1) is 0 Å². The van der Waals surface area contributed by atoms with Crippen LogP contribution >= 0.6 is 0 Å². The average molecular weight is 467 g/mol. The Hall–Kier alpha value is -3.93. The van der Waals surface area contributed by atoms with E-state index in [0.29, 0.717) is 24.3 Å². The van der Waals surface area contributed by atoms with Gasteiger partial charge in [-0.1, -0.05) is 54.6 Å². The minimum atomic E-state index is -0.198. The standard InChI is InChI=1S/C29H30N4O2/c1-19-14-15-21(17-20(19)2)23-10-4-5-11-24(23)29(35)33-16-8-9-22(18-33)30-28(34)27-25-12-6-7-13-26(25)32(3)31-27/h4-7,10-15,17,22H,8-9,16,18H2,1-3H3,(H,30,34). The molecule has 0 saturated carbocycles. The van der Waals surface area contributed by atoms with Gasteiger partial charge >= 0.3 is 0 Å². The van der Waals surface area contributed by atoms with Crippen molar-refractivity contribution in [2.45, 2.75) is 32.7 Å². The summed E-state index contributed by atoms with van der Waals surface area (Å²) in [7, 11) is 1.84. The number of likely N-dealkylation sites (tertiary alicyclic amines) is 1. The number of hydrogen-bond donors (Lipinski definition) is 1. The number of hydrogen-bond acceptors (Lipinski definition) is 3. The number of benzene rings is 3. The second-order valence-electron chi connectivity index (χ2n) is 9.40. The fourth-order valence-corrected chi connectivity index (χ4v) is 4.92. The Morgan fingerprint density at radius 2 is 1.74 bits per heavy atom. The lowest BCUT2D eigenvalue weighted by Crippen LogP contribution is -2.49. The van der Waals surface area contributed by atoms with E-state index in [-0.39, 0.29) is 17.9 Å². The van der Waals surface area contributed by atoms with Crippen LogP contribution in [-0.4, -0.2) is 45.6 Å². The van der Waals surface area contributed by atoms with E-state index in [1.54, 1.807) is 4.68 Å². The summed E-state index contributed by atoms with van der Waals surface area (Å²) in [6, 6.07) is 21.7. The number of carbonyl (C=O) groups is 2. The molecule has 1 aliphatic heterocycles. The second-order valence-corrected chi connectivity index (χ2v) is 9.40. The van der Waals surface area contributed by atoms with Crippen molar-refractivity contribution >= 4 is 22.7 Å². The largest absolute Gasteiger partial charge is 0.346 e. The molecule has 1 N–H and O–H groups in total. The third kappa shape index (κ3) is 4.44. The molecule has 1 aliphatic rings. The van der Waals surface area contributed by atoms with Crippen molar-refractivity contribution in [2.24, 2.45) is 7.05 Å². The Labute approximate surface area is 205 Å². The van der Waals surface area contributed by atoms with Crippen LogP contribution in [0.15, 0.2) is 66.7 Å². The molecule has 4 aromatic rings. The molecule has 1 fully saturated rings. The van der Waals surface area contributed by atoms with Crippen molar-refractivity contribution in [2.75, 3.05) is 13.1 Å².